The summed E-state index contributed by atoms with van der Waals surface area (Å²) in [5.74, 6) is -0.199. The fourth-order valence-corrected chi connectivity index (χ4v) is 2.38. The molecule has 0 aliphatic heterocycles. The maximum atomic E-state index is 14.0. The van der Waals surface area contributed by atoms with Gasteiger partial charge in [-0.05, 0) is 12.1 Å². The number of carbonyl (C=O) groups excluding carboxylic acids is 1. The van der Waals surface area contributed by atoms with E-state index >= 15 is 0 Å². The normalized spacial score (nSPS) is 10.3. The molecule has 27 heavy (non-hydrogen) atoms. The first-order valence-corrected chi connectivity index (χ1v) is 7.84. The van der Waals surface area contributed by atoms with Gasteiger partial charge in [0.05, 0.1) is 19.6 Å². The quantitative estimate of drug-likeness (QED) is 0.614. The molecule has 10 heteroatoms. The van der Waals surface area contributed by atoms with Crippen LogP contribution in [0.4, 0.5) is 4.39 Å². The molecule has 2 heterocycles. The number of rotatable bonds is 6. The Morgan fingerprint density at radius 2 is 2.07 bits per heavy atom. The number of hydrogen-bond donors (Lipinski definition) is 2. The minimum absolute atomic E-state index is 0.0745. The van der Waals surface area contributed by atoms with E-state index in [0.29, 0.717) is 35.9 Å². The zero-order chi connectivity index (χ0) is 19.8. The summed E-state index contributed by atoms with van der Waals surface area (Å²) >= 11 is 0. The molecule has 1 amide bonds. The van der Waals surface area contributed by atoms with Gasteiger partial charge in [0.15, 0.2) is 11.6 Å². The molecule has 0 radical (unpaired) electrons. The molecular weight excluding hydrogens is 357 g/mol. The van der Waals surface area contributed by atoms with Crippen LogP contribution in [0.2, 0.25) is 0 Å². The largest absolute Gasteiger partial charge is 0.483 e. The highest BCUT2D eigenvalue weighted by atomic mass is 19.1. The standard InChI is InChI=1S/C16H16FN5O2.CH2O2/c1-24-8-7-22-16(20-14(21-22)9-13(18)23)12-6-5-10-3-2-4-11(17)15(10)19-12;2-1-3/h2-6H,7-9H2,1H3,(H2,18,23);1H,(H,2,3). The molecule has 0 atom stereocenters. The lowest BCUT2D eigenvalue weighted by atomic mass is 10.2. The fourth-order valence-electron chi connectivity index (χ4n) is 2.38. The number of aromatic nitrogens is 4. The highest BCUT2D eigenvalue weighted by Gasteiger charge is 2.15. The summed E-state index contributed by atoms with van der Waals surface area (Å²) in [4.78, 5) is 28.1. The summed E-state index contributed by atoms with van der Waals surface area (Å²) in [6.07, 6.45) is -0.0745. The molecule has 9 nitrogen and oxygen atoms in total. The Bertz CT molecular complexity index is 944. The molecule has 0 saturated heterocycles. The van der Waals surface area contributed by atoms with E-state index in [9.17, 15) is 9.18 Å². The number of pyridine rings is 1. The van der Waals surface area contributed by atoms with E-state index in [4.69, 9.17) is 20.4 Å². The number of halogens is 1. The molecular formula is C17H18FN5O4. The first-order chi connectivity index (χ1) is 13.0. The zero-order valence-electron chi connectivity index (χ0n) is 14.5. The summed E-state index contributed by atoms with van der Waals surface area (Å²) in [6, 6.07) is 8.27. The van der Waals surface area contributed by atoms with Crippen molar-refractivity contribution in [3.63, 3.8) is 0 Å². The first kappa shape index (κ1) is 19.9. The third-order valence-corrected chi connectivity index (χ3v) is 3.46. The summed E-state index contributed by atoms with van der Waals surface area (Å²) in [5, 5.41) is 11.8. The lowest BCUT2D eigenvalue weighted by molar-refractivity contribution is -0.123. The minimum atomic E-state index is -0.525. The van der Waals surface area contributed by atoms with Crippen molar-refractivity contribution < 1.29 is 23.8 Å². The number of primary amides is 1. The van der Waals surface area contributed by atoms with Crippen LogP contribution < -0.4 is 5.73 Å². The second-order valence-electron chi connectivity index (χ2n) is 5.32. The average Bonchev–Trinajstić information content (AvgIpc) is 3.02. The predicted octanol–water partition coefficient (Wildman–Crippen LogP) is 1.01. The van der Waals surface area contributed by atoms with Crippen LogP contribution in [0.5, 0.6) is 0 Å². The number of carbonyl (C=O) groups is 2. The monoisotopic (exact) mass is 375 g/mol. The van der Waals surface area contributed by atoms with Crippen LogP contribution in [-0.2, 0) is 27.3 Å². The van der Waals surface area contributed by atoms with Crippen molar-refractivity contribution in [1.29, 1.82) is 0 Å². The first-order valence-electron chi connectivity index (χ1n) is 7.84. The molecule has 0 spiro atoms. The zero-order valence-corrected chi connectivity index (χ0v) is 14.5. The summed E-state index contributed by atoms with van der Waals surface area (Å²) in [6.45, 7) is 0.586. The molecule has 0 aliphatic rings. The molecule has 0 fully saturated rings. The number of ether oxygens (including phenoxy) is 1. The summed E-state index contributed by atoms with van der Waals surface area (Å²) < 4.78 is 20.6. The highest BCUT2D eigenvalue weighted by Crippen LogP contribution is 2.21. The van der Waals surface area contributed by atoms with Gasteiger partial charge in [0.2, 0.25) is 5.91 Å². The van der Waals surface area contributed by atoms with E-state index in [1.54, 1.807) is 36.1 Å². The van der Waals surface area contributed by atoms with Crippen LogP contribution in [0.1, 0.15) is 5.82 Å². The molecule has 1 aromatic carbocycles. The Balaban J connectivity index is 0.000000817. The Labute approximate surface area is 153 Å². The van der Waals surface area contributed by atoms with Crippen molar-refractivity contribution in [2.75, 3.05) is 13.7 Å². The molecule has 3 aromatic rings. The minimum Gasteiger partial charge on any atom is -0.483 e. The van der Waals surface area contributed by atoms with Gasteiger partial charge in [0, 0.05) is 12.5 Å². The van der Waals surface area contributed by atoms with Gasteiger partial charge in [0.25, 0.3) is 6.47 Å². The Morgan fingerprint density at radius 3 is 2.74 bits per heavy atom. The SMILES string of the molecule is COCCn1nc(CC(N)=O)nc1-c1ccc2cccc(F)c2n1.O=CO. The number of para-hydroxylation sites is 1. The number of benzene rings is 1. The van der Waals surface area contributed by atoms with Gasteiger partial charge < -0.3 is 15.6 Å². The molecule has 3 rings (SSSR count). The number of fused-ring (bicyclic) bond motifs is 1. The number of amides is 1. The maximum absolute atomic E-state index is 14.0. The van der Waals surface area contributed by atoms with Crippen LogP contribution in [0.25, 0.3) is 22.4 Å². The van der Waals surface area contributed by atoms with E-state index in [1.165, 1.54) is 6.07 Å². The number of nitrogens with two attached hydrogens (primary N) is 1. The predicted molar refractivity (Wildman–Crippen MR) is 94.2 cm³/mol. The lowest BCUT2D eigenvalue weighted by Gasteiger charge is -2.06. The average molecular weight is 375 g/mol. The number of nitrogens with zero attached hydrogens (tertiary/aromatic N) is 4. The van der Waals surface area contributed by atoms with Crippen molar-refractivity contribution in [3.8, 4) is 11.5 Å². The van der Waals surface area contributed by atoms with Gasteiger partial charge in [-0.1, -0.05) is 18.2 Å². The molecule has 0 aliphatic carbocycles. The highest BCUT2D eigenvalue weighted by molar-refractivity contribution is 5.81. The van der Waals surface area contributed by atoms with Crippen molar-refractivity contribution >= 4 is 23.3 Å². The van der Waals surface area contributed by atoms with Crippen molar-refractivity contribution in [3.05, 3.63) is 42.0 Å². The van der Waals surface area contributed by atoms with Crippen molar-refractivity contribution in [1.82, 2.24) is 19.7 Å². The number of hydrogen-bond acceptors (Lipinski definition) is 6. The van der Waals surface area contributed by atoms with E-state index < -0.39 is 11.7 Å². The Hall–Kier alpha value is -3.40. The molecule has 0 unspecified atom stereocenters. The third-order valence-electron chi connectivity index (χ3n) is 3.46. The van der Waals surface area contributed by atoms with Gasteiger partial charge in [-0.2, -0.15) is 5.10 Å². The van der Waals surface area contributed by atoms with E-state index in [2.05, 4.69) is 15.1 Å². The second kappa shape index (κ2) is 9.34. The van der Waals surface area contributed by atoms with Gasteiger partial charge in [-0.3, -0.25) is 9.59 Å². The van der Waals surface area contributed by atoms with Gasteiger partial charge in [-0.15, -0.1) is 0 Å². The number of carboxylic acid groups (broad SMARTS) is 1. The van der Waals surface area contributed by atoms with Gasteiger partial charge in [0.1, 0.15) is 17.0 Å². The summed E-state index contributed by atoms with van der Waals surface area (Å²) in [5.41, 5.74) is 5.92. The second-order valence-corrected chi connectivity index (χ2v) is 5.32. The van der Waals surface area contributed by atoms with Crippen LogP contribution in [0.15, 0.2) is 30.3 Å². The Kier molecular flexibility index (Phi) is 6.89. The van der Waals surface area contributed by atoms with Crippen molar-refractivity contribution in [2.24, 2.45) is 5.73 Å². The molecule has 0 bridgehead atoms. The van der Waals surface area contributed by atoms with Crippen LogP contribution >= 0.6 is 0 Å². The van der Waals surface area contributed by atoms with Crippen LogP contribution in [0.3, 0.4) is 0 Å². The van der Waals surface area contributed by atoms with E-state index in [0.717, 1.165) is 0 Å². The molecule has 0 saturated carbocycles. The smallest absolute Gasteiger partial charge is 0.290 e. The maximum Gasteiger partial charge on any atom is 0.290 e. The molecule has 142 valence electrons. The third kappa shape index (κ3) is 5.05. The fraction of sp³-hybridized carbons (Fsp3) is 0.235. The Morgan fingerprint density at radius 1 is 1.33 bits per heavy atom. The molecule has 2 aromatic heterocycles. The van der Waals surface area contributed by atoms with Crippen LogP contribution in [-0.4, -0.2) is 51.0 Å². The lowest BCUT2D eigenvalue weighted by Crippen LogP contribution is -2.15. The topological polar surface area (TPSA) is 133 Å². The van der Waals surface area contributed by atoms with E-state index in [1.807, 2.05) is 0 Å². The van der Waals surface area contributed by atoms with E-state index in [-0.39, 0.29) is 18.4 Å². The van der Waals surface area contributed by atoms with Crippen molar-refractivity contribution in [2.45, 2.75) is 13.0 Å². The van der Waals surface area contributed by atoms with Gasteiger partial charge in [-0.25, -0.2) is 19.0 Å². The van der Waals surface area contributed by atoms with Crippen LogP contribution in [0, 0.1) is 5.82 Å². The molecule has 3 N–H and O–H groups in total. The number of methoxy groups -OCH3 is 1. The van der Waals surface area contributed by atoms with Gasteiger partial charge >= 0.3 is 0 Å². The summed E-state index contributed by atoms with van der Waals surface area (Å²) in [7, 11) is 1.57.